The fourth-order valence-electron chi connectivity index (χ4n) is 8.94. The summed E-state index contributed by atoms with van der Waals surface area (Å²) in [6, 6.07) is 35.2. The van der Waals surface area contributed by atoms with Gasteiger partial charge in [-0.25, -0.2) is 31.3 Å². The summed E-state index contributed by atoms with van der Waals surface area (Å²) in [5, 5.41) is 48.6. The molecule has 125 heavy (non-hydrogen) atoms. The van der Waals surface area contributed by atoms with Crippen molar-refractivity contribution in [2.45, 2.75) is 94.9 Å². The van der Waals surface area contributed by atoms with Crippen LogP contribution in [0.2, 0.25) is 0 Å². The minimum atomic E-state index is -8.33. The molecule has 0 saturated heterocycles. The number of hydrogen-bond acceptors (Lipinski definition) is 10. The molecule has 9 aromatic rings. The minimum absolute atomic E-state index is 0. The van der Waals surface area contributed by atoms with Crippen LogP contribution in [0.15, 0.2) is 183 Å². The molecule has 0 bridgehead atoms. The first kappa shape index (κ1) is 128. The third-order valence-corrected chi connectivity index (χ3v) is 15.4. The van der Waals surface area contributed by atoms with Gasteiger partial charge in [0.15, 0.2) is 23.3 Å². The van der Waals surface area contributed by atoms with Crippen LogP contribution in [0.5, 0.6) is 28.7 Å². The van der Waals surface area contributed by atoms with Crippen molar-refractivity contribution in [1.82, 2.24) is 0 Å². The number of nitrogens with zero attached hydrogens (tertiary/aromatic N) is 5. The molecule has 45 heteroatoms. The van der Waals surface area contributed by atoms with Crippen molar-refractivity contribution in [3.05, 3.63) is 302 Å². The molecule has 0 amide bonds. The Hall–Kier alpha value is -8.20. The predicted octanol–water partition coefficient (Wildman–Crippen LogP) is 26.4. The van der Waals surface area contributed by atoms with E-state index in [9.17, 15) is 157 Å². The molecule has 0 saturated carbocycles. The van der Waals surface area contributed by atoms with Gasteiger partial charge in [-0.2, -0.15) is 105 Å². The van der Waals surface area contributed by atoms with Crippen LogP contribution in [0.1, 0.15) is 72.3 Å². The Morgan fingerprint density at radius 2 is 0.568 bits per heavy atom. The summed E-state index contributed by atoms with van der Waals surface area (Å²) < 4.78 is 390. The smallest absolute Gasteiger partial charge is 0.507 e. The molecule has 0 spiro atoms. The van der Waals surface area contributed by atoms with E-state index in [0.29, 0.717) is 39.9 Å². The van der Waals surface area contributed by atoms with E-state index in [-0.39, 0.29) is 215 Å². The Balaban J connectivity index is -0.000000352. The Kier molecular flexibility index (Phi) is 52.2. The van der Waals surface area contributed by atoms with Crippen molar-refractivity contribution in [1.29, 1.82) is 0 Å². The Labute approximate surface area is 771 Å². The maximum absolute atomic E-state index is 13.6. The molecule has 0 heterocycles. The van der Waals surface area contributed by atoms with Crippen LogP contribution in [-0.2, 0) is 127 Å². The predicted molar refractivity (Wildman–Crippen MR) is 394 cm³/mol. The van der Waals surface area contributed by atoms with Gasteiger partial charge in [-0.05, 0) is 135 Å². The number of phenolic OH excluding ortho intramolecular Hbond substituents is 5. The third-order valence-electron chi connectivity index (χ3n) is 15.4. The van der Waals surface area contributed by atoms with Gasteiger partial charge in [-0.1, -0.05) is 84.9 Å². The molecule has 0 fully saturated rings. The van der Waals surface area contributed by atoms with Gasteiger partial charge in [-0.15, -0.1) is 0 Å². The van der Waals surface area contributed by atoms with Crippen LogP contribution in [0, 0.1) is 107 Å². The number of aromatic hydroxyl groups is 5. The number of phenols is 5. The maximum atomic E-state index is 13.6. The number of rotatable bonds is 16. The molecule has 9 rings (SSSR count). The Bertz CT molecular complexity index is 5040. The van der Waals surface area contributed by atoms with E-state index in [2.05, 4.69) is 25.0 Å². The van der Waals surface area contributed by atoms with Crippen molar-refractivity contribution in [2.24, 2.45) is 25.0 Å². The topological polar surface area (TPSA) is 163 Å². The van der Waals surface area contributed by atoms with Gasteiger partial charge in [0.2, 0.25) is 5.82 Å². The molecule has 0 aromatic heterocycles. The maximum Gasteiger partial charge on any atom is 2.00 e. The number of aliphatic imine (C=N–C) groups is 5. The Morgan fingerprint density at radius 3 is 0.896 bits per heavy atom. The summed E-state index contributed by atoms with van der Waals surface area (Å²) in [6.07, 6.45) is -17.3. The average molecular weight is 1990 g/mol. The van der Waals surface area contributed by atoms with Crippen LogP contribution in [-0.4, -0.2) is 105 Å². The zero-order chi connectivity index (χ0) is 87.3. The number of halogens is 30. The molecule has 0 aliphatic heterocycles. The third kappa shape index (κ3) is 31.3. The summed E-state index contributed by atoms with van der Waals surface area (Å²) >= 11 is 0. The Morgan fingerprint density at radius 1 is 0.288 bits per heavy atom. The molecule has 0 aliphatic carbocycles. The van der Waals surface area contributed by atoms with Gasteiger partial charge in [0.05, 0.1) is 33.8 Å². The zero-order valence-electron chi connectivity index (χ0n) is 65.9. The van der Waals surface area contributed by atoms with E-state index < -0.39 is 135 Å². The molecule has 668 valence electrons. The largest absolute Gasteiger partial charge is 2.00 e. The summed E-state index contributed by atoms with van der Waals surface area (Å²) in [5.74, 6) is -58.5. The van der Waals surface area contributed by atoms with Gasteiger partial charge in [0.25, 0.3) is 0 Å². The average Bonchev–Trinajstić information content (AvgIpc) is 0.700. The minimum Gasteiger partial charge on any atom is -0.507 e. The fraction of sp³-hybridized carbons (Fsp3) is 0.200. The van der Waals surface area contributed by atoms with Crippen molar-refractivity contribution in [3.8, 4) is 28.7 Å². The van der Waals surface area contributed by atoms with E-state index in [4.69, 9.17) is 0 Å². The monoisotopic (exact) mass is 1990 g/mol. The van der Waals surface area contributed by atoms with Gasteiger partial charge < -0.3 is 62.7 Å². The van der Waals surface area contributed by atoms with Crippen LogP contribution >= 0.6 is 0 Å². The standard InChI is InChI=1S/C16H10F15NO.C16H11F6NO.C15H12F3NO.C14H8F5NO.C14H12FNO.5CH3.5Ti/c1-7-3-2-4-8(9(7)33)5-32-6-10(17,18)11(19,20)12(21,22)13(23,24)14(25,26)15(27,28)16(29,30)31;1-9-3-2-4-10(14(9)24)8-23-13-6-11(15(17,18)19)5-12(7-13)16(20,21)22;1-10-5-4-6-11(14(10)20)9-19-13-8-3-2-7-12(13)15(16,17)18;1-6-3-2-4-7(14(6)21)5-20-13-11(18)9(16)8(15)10(17)12(13)19;1-10-5-4-6-11(14(10)17)9-16-13-8-3-2-7-12(13)15;;;;;;;;;;/h2-5,33H,6H2,1H3;2-8,24H,1H3;2-9,20H,1H3;2-5,21H,1H3;2-9,17H,1H3;5*1H3;;;;;/q;;;;;5*-1;5*+2. The second-order valence-corrected chi connectivity index (χ2v) is 23.8. The van der Waals surface area contributed by atoms with Crippen molar-refractivity contribution in [2.75, 3.05) is 6.54 Å². The van der Waals surface area contributed by atoms with Gasteiger partial charge in [0, 0.05) is 58.9 Å². The summed E-state index contributed by atoms with van der Waals surface area (Å²) in [6.45, 7) is 5.09. The first-order valence-corrected chi connectivity index (χ1v) is 31.4. The van der Waals surface area contributed by atoms with E-state index in [1.165, 1.54) is 74.0 Å². The number of benzene rings is 9. The number of hydrogen-bond donors (Lipinski definition) is 5. The number of para-hydroxylation sites is 7. The number of aryl methyl sites for hydroxylation is 5. The van der Waals surface area contributed by atoms with E-state index in [1.54, 1.807) is 94.4 Å². The van der Waals surface area contributed by atoms with E-state index >= 15 is 0 Å². The molecule has 5 N–H and O–H groups in total. The second kappa shape index (κ2) is 51.1. The quantitative estimate of drug-likeness (QED) is 0.0162. The second-order valence-electron chi connectivity index (χ2n) is 23.8. The molecule has 9 aromatic carbocycles. The van der Waals surface area contributed by atoms with Crippen molar-refractivity contribution < 1.29 is 266 Å². The van der Waals surface area contributed by atoms with Gasteiger partial charge >= 0.3 is 169 Å². The normalized spacial score (nSPS) is 11.8. The van der Waals surface area contributed by atoms with Crippen molar-refractivity contribution >= 4 is 53.8 Å². The van der Waals surface area contributed by atoms with Gasteiger partial charge in [0.1, 0.15) is 46.8 Å². The summed E-state index contributed by atoms with van der Waals surface area (Å²) in [7, 11) is 0. The van der Waals surface area contributed by atoms with E-state index in [0.717, 1.165) is 30.1 Å². The molecular formula is C80H68F30N5O5Ti5+5. The van der Waals surface area contributed by atoms with Crippen LogP contribution in [0.25, 0.3) is 0 Å². The molecule has 0 unspecified atom stereocenters. The van der Waals surface area contributed by atoms with Crippen LogP contribution in [0.4, 0.5) is 154 Å². The molecule has 10 nitrogen and oxygen atoms in total. The summed E-state index contributed by atoms with van der Waals surface area (Å²) in [4.78, 5) is 17.3. The first-order valence-electron chi connectivity index (χ1n) is 31.4. The number of alkyl halides is 24. The molecule has 0 radical (unpaired) electrons. The van der Waals surface area contributed by atoms with Crippen LogP contribution < -0.4 is 0 Å². The SMILES string of the molecule is Cc1cccc(C=NCC(F)(F)C(F)(F)C(F)(F)C(F)(F)C(F)(F)C(F)(F)C(F)(F)F)c1O.Cc1cccc(C=Nc2c(F)c(F)c(F)c(F)c2F)c1O.Cc1cccc(C=Nc2cc(C(F)(F)F)cc(C(F)(F)F)c2)c1O.Cc1cccc(C=Nc2ccccc2C(F)(F)F)c1O.Cc1cccc(C=Nc2ccccc2F)c1O.[CH3-].[CH3-].[CH3-].[CH3-].[CH3-].[Ti+2].[Ti+2].[Ti+2].[Ti+2].[Ti+2]. The fourth-order valence-corrected chi connectivity index (χ4v) is 8.94. The zero-order valence-corrected chi connectivity index (χ0v) is 73.7. The van der Waals surface area contributed by atoms with Crippen LogP contribution in [0.3, 0.4) is 0 Å². The molecular weight excluding hydrogens is 1920 g/mol. The van der Waals surface area contributed by atoms with E-state index in [1.807, 2.05) is 6.07 Å². The molecule has 0 aliphatic rings. The van der Waals surface area contributed by atoms with Crippen molar-refractivity contribution in [3.63, 3.8) is 0 Å². The first-order chi connectivity index (χ1) is 52.8. The summed E-state index contributed by atoms with van der Waals surface area (Å²) in [5.41, 5.74) is -2.25. The van der Waals surface area contributed by atoms with Gasteiger partial charge in [-0.3, -0.25) is 20.0 Å². The molecule has 0 atom stereocenters.